The molecule has 0 atom stereocenters. The standard InChI is InChI=1S/C16H15N5O2/c17-6-5-15(22)20-13-9-11(16(23)19-12-2-3-12)1-4-14(13)21-8-7-18-10-21/h1,4,7-10,12H,2-3,5H2,(H,19,23)(H,20,22). The lowest BCUT2D eigenvalue weighted by Crippen LogP contribution is -2.25. The summed E-state index contributed by atoms with van der Waals surface area (Å²) in [6, 6.07) is 7.12. The summed E-state index contributed by atoms with van der Waals surface area (Å²) in [6.45, 7) is 0. The highest BCUT2D eigenvalue weighted by atomic mass is 16.2. The zero-order chi connectivity index (χ0) is 16.2. The molecule has 7 nitrogen and oxygen atoms in total. The summed E-state index contributed by atoms with van der Waals surface area (Å²) in [5, 5.41) is 14.2. The zero-order valence-corrected chi connectivity index (χ0v) is 12.3. The third kappa shape index (κ3) is 3.55. The fraction of sp³-hybridized carbons (Fsp3) is 0.250. The van der Waals surface area contributed by atoms with Crippen molar-refractivity contribution in [3.63, 3.8) is 0 Å². The van der Waals surface area contributed by atoms with Gasteiger partial charge in [0.05, 0.1) is 23.8 Å². The molecular formula is C16H15N5O2. The lowest BCUT2D eigenvalue weighted by atomic mass is 10.1. The van der Waals surface area contributed by atoms with Crippen LogP contribution in [0.1, 0.15) is 29.6 Å². The number of aromatic nitrogens is 2. The first-order chi connectivity index (χ1) is 11.2. The predicted molar refractivity (Wildman–Crippen MR) is 82.9 cm³/mol. The van der Waals surface area contributed by atoms with E-state index in [1.165, 1.54) is 0 Å². The topological polar surface area (TPSA) is 99.8 Å². The molecule has 1 aliphatic rings. The van der Waals surface area contributed by atoms with Crippen LogP contribution < -0.4 is 10.6 Å². The van der Waals surface area contributed by atoms with Gasteiger partial charge in [-0.05, 0) is 31.0 Å². The van der Waals surface area contributed by atoms with E-state index < -0.39 is 5.91 Å². The number of hydrogen-bond acceptors (Lipinski definition) is 4. The van der Waals surface area contributed by atoms with Crippen LogP contribution in [-0.2, 0) is 4.79 Å². The number of carbonyl (C=O) groups excluding carboxylic acids is 2. The summed E-state index contributed by atoms with van der Waals surface area (Å²) in [5.74, 6) is -0.589. The minimum Gasteiger partial charge on any atom is -0.349 e. The number of imidazole rings is 1. The van der Waals surface area contributed by atoms with Gasteiger partial charge in [0.15, 0.2) is 0 Å². The van der Waals surface area contributed by atoms with Gasteiger partial charge in [0.25, 0.3) is 5.91 Å². The van der Waals surface area contributed by atoms with Gasteiger partial charge < -0.3 is 15.2 Å². The highest BCUT2D eigenvalue weighted by Crippen LogP contribution is 2.24. The van der Waals surface area contributed by atoms with Gasteiger partial charge in [0, 0.05) is 24.0 Å². The monoisotopic (exact) mass is 309 g/mol. The Morgan fingerprint density at radius 3 is 2.87 bits per heavy atom. The van der Waals surface area contributed by atoms with Crippen molar-refractivity contribution < 1.29 is 9.59 Å². The van der Waals surface area contributed by atoms with Crippen molar-refractivity contribution in [1.82, 2.24) is 14.9 Å². The van der Waals surface area contributed by atoms with Crippen molar-refractivity contribution in [2.45, 2.75) is 25.3 Å². The minimum atomic E-state index is -0.423. The molecule has 3 rings (SSSR count). The maximum atomic E-state index is 12.2. The predicted octanol–water partition coefficient (Wildman–Crippen LogP) is 1.62. The van der Waals surface area contributed by atoms with Crippen LogP contribution in [0.3, 0.4) is 0 Å². The van der Waals surface area contributed by atoms with E-state index in [1.54, 1.807) is 47.6 Å². The van der Waals surface area contributed by atoms with Crippen LogP contribution in [0.15, 0.2) is 36.9 Å². The summed E-state index contributed by atoms with van der Waals surface area (Å²) in [4.78, 5) is 27.9. The molecule has 2 N–H and O–H groups in total. The smallest absolute Gasteiger partial charge is 0.251 e. The van der Waals surface area contributed by atoms with Gasteiger partial charge in [-0.3, -0.25) is 9.59 Å². The van der Waals surface area contributed by atoms with Crippen molar-refractivity contribution in [3.05, 3.63) is 42.5 Å². The molecule has 1 fully saturated rings. The molecule has 0 radical (unpaired) electrons. The molecule has 1 saturated carbocycles. The molecule has 2 aromatic rings. The molecule has 7 heteroatoms. The van der Waals surface area contributed by atoms with Gasteiger partial charge in [0.2, 0.25) is 5.91 Å². The van der Waals surface area contributed by atoms with E-state index in [-0.39, 0.29) is 18.4 Å². The van der Waals surface area contributed by atoms with Crippen LogP contribution in [0, 0.1) is 11.3 Å². The maximum absolute atomic E-state index is 12.2. The third-order valence-corrected chi connectivity index (χ3v) is 3.47. The van der Waals surface area contributed by atoms with Crippen LogP contribution in [0.5, 0.6) is 0 Å². The zero-order valence-electron chi connectivity index (χ0n) is 12.3. The first-order valence-corrected chi connectivity index (χ1v) is 7.27. The number of benzene rings is 1. The van der Waals surface area contributed by atoms with E-state index in [0.29, 0.717) is 16.9 Å². The van der Waals surface area contributed by atoms with Crippen molar-refractivity contribution in [2.24, 2.45) is 0 Å². The van der Waals surface area contributed by atoms with E-state index in [9.17, 15) is 9.59 Å². The molecule has 1 aromatic carbocycles. The second-order valence-corrected chi connectivity index (χ2v) is 5.33. The number of rotatable bonds is 5. The molecule has 0 saturated heterocycles. The van der Waals surface area contributed by atoms with Gasteiger partial charge in [-0.25, -0.2) is 4.98 Å². The van der Waals surface area contributed by atoms with Crippen LogP contribution in [0.4, 0.5) is 5.69 Å². The number of nitriles is 1. The summed E-state index contributed by atoms with van der Waals surface area (Å²) < 4.78 is 1.73. The fourth-order valence-electron chi connectivity index (χ4n) is 2.17. The first-order valence-electron chi connectivity index (χ1n) is 7.27. The molecule has 1 heterocycles. The van der Waals surface area contributed by atoms with Gasteiger partial charge in [-0.15, -0.1) is 0 Å². The average molecular weight is 309 g/mol. The summed E-state index contributed by atoms with van der Waals surface area (Å²) in [7, 11) is 0. The van der Waals surface area contributed by atoms with Gasteiger partial charge >= 0.3 is 0 Å². The average Bonchev–Trinajstić information content (AvgIpc) is 3.17. The Balaban J connectivity index is 1.91. The van der Waals surface area contributed by atoms with Crippen molar-refractivity contribution >= 4 is 17.5 Å². The molecule has 23 heavy (non-hydrogen) atoms. The molecule has 2 amide bonds. The van der Waals surface area contributed by atoms with Crippen molar-refractivity contribution in [1.29, 1.82) is 5.26 Å². The number of anilines is 1. The molecule has 0 bridgehead atoms. The summed E-state index contributed by atoms with van der Waals surface area (Å²) in [6.07, 6.45) is 6.71. The van der Waals surface area contributed by atoms with E-state index in [0.717, 1.165) is 12.8 Å². The number of amides is 2. The molecular weight excluding hydrogens is 294 g/mol. The van der Waals surface area contributed by atoms with Crippen LogP contribution in [0.2, 0.25) is 0 Å². The molecule has 0 aliphatic heterocycles. The molecule has 0 spiro atoms. The molecule has 1 aliphatic carbocycles. The van der Waals surface area contributed by atoms with Gasteiger partial charge in [-0.2, -0.15) is 5.26 Å². The quantitative estimate of drug-likeness (QED) is 0.876. The molecule has 0 unspecified atom stereocenters. The second-order valence-electron chi connectivity index (χ2n) is 5.33. The van der Waals surface area contributed by atoms with E-state index >= 15 is 0 Å². The van der Waals surface area contributed by atoms with E-state index in [4.69, 9.17) is 5.26 Å². The number of nitrogens with zero attached hydrogens (tertiary/aromatic N) is 3. The lowest BCUT2D eigenvalue weighted by molar-refractivity contribution is -0.115. The maximum Gasteiger partial charge on any atom is 0.251 e. The Labute approximate surface area is 132 Å². The first kappa shape index (κ1) is 14.8. The van der Waals surface area contributed by atoms with Crippen LogP contribution in [0.25, 0.3) is 5.69 Å². The summed E-state index contributed by atoms with van der Waals surface area (Å²) in [5.41, 5.74) is 1.61. The Morgan fingerprint density at radius 2 is 2.22 bits per heavy atom. The lowest BCUT2D eigenvalue weighted by Gasteiger charge is -2.13. The highest BCUT2D eigenvalue weighted by molar-refractivity contribution is 5.99. The van der Waals surface area contributed by atoms with Crippen molar-refractivity contribution in [3.8, 4) is 11.8 Å². The van der Waals surface area contributed by atoms with Crippen molar-refractivity contribution in [2.75, 3.05) is 5.32 Å². The Morgan fingerprint density at radius 1 is 1.39 bits per heavy atom. The number of carbonyl (C=O) groups is 2. The largest absolute Gasteiger partial charge is 0.349 e. The fourth-order valence-corrected chi connectivity index (χ4v) is 2.17. The van der Waals surface area contributed by atoms with Crippen LogP contribution in [-0.4, -0.2) is 27.4 Å². The van der Waals surface area contributed by atoms with Crippen LogP contribution >= 0.6 is 0 Å². The Bertz CT molecular complexity index is 772. The molecule has 1 aromatic heterocycles. The normalized spacial score (nSPS) is 13.2. The number of hydrogen-bond donors (Lipinski definition) is 2. The van der Waals surface area contributed by atoms with Gasteiger partial charge in [-0.1, -0.05) is 0 Å². The SMILES string of the molecule is N#CCC(=O)Nc1cc(C(=O)NC2CC2)ccc1-n1ccnc1. The van der Waals surface area contributed by atoms with Gasteiger partial charge in [0.1, 0.15) is 6.42 Å². The Kier molecular flexibility index (Phi) is 4.06. The second kappa shape index (κ2) is 6.32. The van der Waals surface area contributed by atoms with E-state index in [2.05, 4.69) is 15.6 Å². The Hall–Kier alpha value is -3.14. The third-order valence-electron chi connectivity index (χ3n) is 3.47. The summed E-state index contributed by atoms with van der Waals surface area (Å²) >= 11 is 0. The number of nitrogens with one attached hydrogen (secondary N) is 2. The van der Waals surface area contributed by atoms with E-state index in [1.807, 2.05) is 0 Å². The highest BCUT2D eigenvalue weighted by Gasteiger charge is 2.24. The minimum absolute atomic E-state index is 0.166. The molecule has 116 valence electrons.